The van der Waals surface area contributed by atoms with Gasteiger partial charge in [0, 0.05) is 0 Å². The second-order valence-corrected chi connectivity index (χ2v) is 3.22. The van der Waals surface area contributed by atoms with Gasteiger partial charge in [-0.3, -0.25) is 5.84 Å². The lowest BCUT2D eigenvalue weighted by Crippen LogP contribution is -2.28. The van der Waals surface area contributed by atoms with Gasteiger partial charge in [-0.05, 0) is 24.6 Å². The zero-order valence-corrected chi connectivity index (χ0v) is 8.58. The number of benzene rings is 1. The van der Waals surface area contributed by atoms with Crippen LogP contribution in [0.1, 0.15) is 18.5 Å². The van der Waals surface area contributed by atoms with Crippen molar-refractivity contribution < 1.29 is 4.74 Å². The molecule has 0 spiro atoms. The molecule has 3 N–H and O–H groups in total. The highest BCUT2D eigenvalue weighted by Gasteiger charge is 2.09. The number of methoxy groups -OCH3 is 1. The van der Waals surface area contributed by atoms with Crippen LogP contribution in [0, 0.1) is 0 Å². The number of nitrogens with one attached hydrogen (secondary N) is 1. The Morgan fingerprint density at radius 2 is 2.00 bits per heavy atom. The molecule has 0 bridgehead atoms. The van der Waals surface area contributed by atoms with Gasteiger partial charge in [0.15, 0.2) is 0 Å². The third-order valence-corrected chi connectivity index (χ3v) is 2.11. The fraction of sp³-hybridized carbons (Fsp3) is 0.273. The first-order valence-corrected chi connectivity index (χ1v) is 4.44. The summed E-state index contributed by atoms with van der Waals surface area (Å²) in [7, 11) is 1.65. The topological polar surface area (TPSA) is 47.3 Å². The molecule has 1 unspecified atom stereocenters. The van der Waals surface area contributed by atoms with Gasteiger partial charge >= 0.3 is 0 Å². The molecule has 0 amide bonds. The normalized spacial score (nSPS) is 12.2. The Kier molecular flexibility index (Phi) is 3.68. The van der Waals surface area contributed by atoms with Gasteiger partial charge in [-0.1, -0.05) is 24.3 Å². The third-order valence-electron chi connectivity index (χ3n) is 2.11. The van der Waals surface area contributed by atoms with Gasteiger partial charge in [0.05, 0.1) is 13.2 Å². The minimum Gasteiger partial charge on any atom is -0.497 e. The fourth-order valence-corrected chi connectivity index (χ4v) is 1.32. The molecule has 0 heterocycles. The molecular weight excluding hydrogens is 176 g/mol. The van der Waals surface area contributed by atoms with Crippen LogP contribution in [-0.2, 0) is 0 Å². The van der Waals surface area contributed by atoms with Crippen molar-refractivity contribution in [3.05, 3.63) is 42.0 Å². The quantitative estimate of drug-likeness (QED) is 0.434. The lowest BCUT2D eigenvalue weighted by Gasteiger charge is -2.16. The van der Waals surface area contributed by atoms with E-state index in [1.165, 1.54) is 0 Å². The summed E-state index contributed by atoms with van der Waals surface area (Å²) in [5.41, 5.74) is 4.78. The van der Waals surface area contributed by atoms with E-state index >= 15 is 0 Å². The Morgan fingerprint density at radius 3 is 2.36 bits per heavy atom. The minimum absolute atomic E-state index is 0.000839. The molecule has 3 nitrogen and oxygen atoms in total. The molecule has 0 saturated heterocycles. The highest BCUT2D eigenvalue weighted by Crippen LogP contribution is 2.21. The molecule has 0 saturated carbocycles. The Labute approximate surface area is 84.5 Å². The average Bonchev–Trinajstić information content (AvgIpc) is 2.19. The average molecular weight is 192 g/mol. The summed E-state index contributed by atoms with van der Waals surface area (Å²) < 4.78 is 5.07. The van der Waals surface area contributed by atoms with E-state index in [0.717, 1.165) is 16.9 Å². The van der Waals surface area contributed by atoms with Crippen molar-refractivity contribution in [2.24, 2.45) is 5.84 Å². The van der Waals surface area contributed by atoms with Crippen molar-refractivity contribution in [1.29, 1.82) is 0 Å². The second-order valence-electron chi connectivity index (χ2n) is 3.22. The van der Waals surface area contributed by atoms with Gasteiger partial charge < -0.3 is 4.74 Å². The van der Waals surface area contributed by atoms with E-state index in [1.807, 2.05) is 31.2 Å². The maximum Gasteiger partial charge on any atom is 0.118 e. The summed E-state index contributed by atoms with van der Waals surface area (Å²) in [6, 6.07) is 7.75. The summed E-state index contributed by atoms with van der Waals surface area (Å²) in [6.45, 7) is 5.81. The molecule has 0 aliphatic rings. The summed E-state index contributed by atoms with van der Waals surface area (Å²) in [6.07, 6.45) is 0. The summed E-state index contributed by atoms with van der Waals surface area (Å²) in [4.78, 5) is 0. The van der Waals surface area contributed by atoms with Crippen LogP contribution in [0.2, 0.25) is 0 Å². The summed E-state index contributed by atoms with van der Waals surface area (Å²) in [5, 5.41) is 0. The van der Waals surface area contributed by atoms with Crippen molar-refractivity contribution >= 4 is 0 Å². The van der Waals surface area contributed by atoms with Crippen LogP contribution in [0.5, 0.6) is 5.75 Å². The monoisotopic (exact) mass is 192 g/mol. The van der Waals surface area contributed by atoms with Crippen molar-refractivity contribution in [2.75, 3.05) is 7.11 Å². The van der Waals surface area contributed by atoms with E-state index in [2.05, 4.69) is 12.0 Å². The molecule has 1 aromatic carbocycles. The van der Waals surface area contributed by atoms with Crippen LogP contribution >= 0.6 is 0 Å². The highest BCUT2D eigenvalue weighted by atomic mass is 16.5. The number of ether oxygens (including phenoxy) is 1. The Bertz CT molecular complexity index is 306. The van der Waals surface area contributed by atoms with Crippen LogP contribution in [0.15, 0.2) is 36.4 Å². The van der Waals surface area contributed by atoms with E-state index < -0.39 is 0 Å². The van der Waals surface area contributed by atoms with Crippen molar-refractivity contribution in [2.45, 2.75) is 13.0 Å². The maximum absolute atomic E-state index is 5.43. The SMILES string of the molecule is C=C(C)C(NN)c1ccc(OC)cc1. The number of hydrogen-bond donors (Lipinski definition) is 2. The number of rotatable bonds is 4. The second kappa shape index (κ2) is 4.79. The largest absolute Gasteiger partial charge is 0.497 e. The molecule has 76 valence electrons. The van der Waals surface area contributed by atoms with Crippen LogP contribution in [0.4, 0.5) is 0 Å². The van der Waals surface area contributed by atoms with Gasteiger partial charge in [-0.15, -0.1) is 0 Å². The van der Waals surface area contributed by atoms with Gasteiger partial charge in [0.25, 0.3) is 0 Å². The molecular formula is C11H16N2O. The van der Waals surface area contributed by atoms with E-state index in [0.29, 0.717) is 0 Å². The maximum atomic E-state index is 5.43. The Hall–Kier alpha value is -1.32. The van der Waals surface area contributed by atoms with E-state index in [1.54, 1.807) is 7.11 Å². The zero-order valence-electron chi connectivity index (χ0n) is 8.58. The number of hydrogen-bond acceptors (Lipinski definition) is 3. The molecule has 1 rings (SSSR count). The fourth-order valence-electron chi connectivity index (χ4n) is 1.32. The van der Waals surface area contributed by atoms with E-state index in [9.17, 15) is 0 Å². The molecule has 1 atom stereocenters. The van der Waals surface area contributed by atoms with E-state index in [4.69, 9.17) is 10.6 Å². The number of hydrazine groups is 1. The molecule has 0 fully saturated rings. The van der Waals surface area contributed by atoms with Crippen LogP contribution in [0.25, 0.3) is 0 Å². The van der Waals surface area contributed by atoms with Crippen molar-refractivity contribution in [1.82, 2.24) is 5.43 Å². The Balaban J connectivity index is 2.89. The first-order valence-electron chi connectivity index (χ1n) is 4.44. The summed E-state index contributed by atoms with van der Waals surface area (Å²) in [5.74, 6) is 6.27. The van der Waals surface area contributed by atoms with Gasteiger partial charge in [-0.25, -0.2) is 5.43 Å². The molecule has 0 radical (unpaired) electrons. The lowest BCUT2D eigenvalue weighted by atomic mass is 10.0. The standard InChI is InChI=1S/C11H16N2O/c1-8(2)11(13-12)9-4-6-10(14-3)7-5-9/h4-7,11,13H,1,12H2,2-3H3. The van der Waals surface area contributed by atoms with Crippen LogP contribution in [-0.4, -0.2) is 7.11 Å². The number of nitrogens with two attached hydrogens (primary N) is 1. The molecule has 0 aromatic heterocycles. The Morgan fingerprint density at radius 1 is 1.43 bits per heavy atom. The van der Waals surface area contributed by atoms with Crippen LogP contribution in [0.3, 0.4) is 0 Å². The van der Waals surface area contributed by atoms with Gasteiger partial charge in [-0.2, -0.15) is 0 Å². The highest BCUT2D eigenvalue weighted by molar-refractivity contribution is 5.32. The predicted octanol–water partition coefficient (Wildman–Crippen LogP) is 1.78. The predicted molar refractivity (Wildman–Crippen MR) is 57.9 cm³/mol. The smallest absolute Gasteiger partial charge is 0.118 e. The van der Waals surface area contributed by atoms with Crippen molar-refractivity contribution in [3.63, 3.8) is 0 Å². The molecule has 3 heteroatoms. The molecule has 1 aromatic rings. The van der Waals surface area contributed by atoms with Gasteiger partial charge in [0.1, 0.15) is 5.75 Å². The first kappa shape index (κ1) is 10.8. The van der Waals surface area contributed by atoms with E-state index in [-0.39, 0.29) is 6.04 Å². The lowest BCUT2D eigenvalue weighted by molar-refractivity contribution is 0.414. The van der Waals surface area contributed by atoms with Crippen molar-refractivity contribution in [3.8, 4) is 5.75 Å². The molecule has 0 aliphatic carbocycles. The molecule has 14 heavy (non-hydrogen) atoms. The summed E-state index contributed by atoms with van der Waals surface area (Å²) >= 11 is 0. The zero-order chi connectivity index (χ0) is 10.6. The third kappa shape index (κ3) is 2.34. The first-order chi connectivity index (χ1) is 6.69. The minimum atomic E-state index is 0.000839. The van der Waals surface area contributed by atoms with Gasteiger partial charge in [0.2, 0.25) is 0 Å². The molecule has 0 aliphatic heterocycles. The van der Waals surface area contributed by atoms with Crippen LogP contribution < -0.4 is 16.0 Å².